The van der Waals surface area contributed by atoms with Gasteiger partial charge in [-0.1, -0.05) is 5.16 Å². The second kappa shape index (κ2) is 4.87. The Morgan fingerprint density at radius 2 is 2.39 bits per heavy atom. The highest BCUT2D eigenvalue weighted by molar-refractivity contribution is 7.99. The molecule has 0 amide bonds. The molecular formula is C10H13N5OS2. The van der Waals surface area contributed by atoms with E-state index in [-0.39, 0.29) is 6.04 Å². The Bertz CT molecular complexity index is 540. The number of hydrogen-bond acceptors (Lipinski definition) is 8. The van der Waals surface area contributed by atoms with Gasteiger partial charge in [-0.05, 0) is 7.05 Å². The third-order valence-corrected chi connectivity index (χ3v) is 4.57. The van der Waals surface area contributed by atoms with Crippen molar-refractivity contribution in [3.8, 4) is 11.6 Å². The first-order valence-corrected chi connectivity index (χ1v) is 7.60. The smallest absolute Gasteiger partial charge is 0.277 e. The lowest BCUT2D eigenvalue weighted by atomic mass is 10.3. The van der Waals surface area contributed by atoms with Crippen LogP contribution in [0.1, 0.15) is 11.9 Å². The molecule has 3 heterocycles. The summed E-state index contributed by atoms with van der Waals surface area (Å²) in [6.07, 6.45) is 0. The summed E-state index contributed by atoms with van der Waals surface area (Å²) in [7, 11) is 2.08. The van der Waals surface area contributed by atoms with E-state index in [1.165, 1.54) is 11.3 Å². The minimum Gasteiger partial charge on any atom is -0.375 e. The Labute approximate surface area is 113 Å². The highest BCUT2D eigenvalue weighted by atomic mass is 32.2. The summed E-state index contributed by atoms with van der Waals surface area (Å²) in [6, 6.07) is 0.220. The number of nitrogens with two attached hydrogens (primary N) is 1. The molecule has 18 heavy (non-hydrogen) atoms. The van der Waals surface area contributed by atoms with Crippen LogP contribution in [0.5, 0.6) is 0 Å². The predicted molar refractivity (Wildman–Crippen MR) is 72.5 cm³/mol. The van der Waals surface area contributed by atoms with Gasteiger partial charge in [0.25, 0.3) is 5.89 Å². The van der Waals surface area contributed by atoms with Crippen molar-refractivity contribution in [3.63, 3.8) is 0 Å². The van der Waals surface area contributed by atoms with Crippen molar-refractivity contribution in [1.82, 2.24) is 20.0 Å². The molecule has 0 bridgehead atoms. The van der Waals surface area contributed by atoms with E-state index in [1.807, 2.05) is 17.1 Å². The fourth-order valence-corrected chi connectivity index (χ4v) is 3.57. The molecule has 1 saturated heterocycles. The van der Waals surface area contributed by atoms with Crippen molar-refractivity contribution in [3.05, 3.63) is 11.2 Å². The topological polar surface area (TPSA) is 81.1 Å². The first-order chi connectivity index (χ1) is 8.74. The average molecular weight is 283 g/mol. The van der Waals surface area contributed by atoms with E-state index < -0.39 is 0 Å². The Balaban J connectivity index is 1.84. The number of nitrogens with zero attached hydrogens (tertiary/aromatic N) is 4. The summed E-state index contributed by atoms with van der Waals surface area (Å²) in [5.74, 6) is 3.32. The van der Waals surface area contributed by atoms with Crippen LogP contribution in [0.4, 0.5) is 5.13 Å². The lowest BCUT2D eigenvalue weighted by Crippen LogP contribution is -2.33. The zero-order valence-corrected chi connectivity index (χ0v) is 11.5. The number of anilines is 1. The molecule has 0 saturated carbocycles. The number of hydrogen-bond donors (Lipinski definition) is 1. The van der Waals surface area contributed by atoms with Gasteiger partial charge in [0.1, 0.15) is 5.69 Å². The van der Waals surface area contributed by atoms with Crippen LogP contribution in [0.25, 0.3) is 11.6 Å². The fourth-order valence-electron chi connectivity index (χ4n) is 1.82. The molecule has 1 fully saturated rings. The molecule has 0 aliphatic carbocycles. The van der Waals surface area contributed by atoms with Crippen molar-refractivity contribution in [2.75, 3.05) is 30.8 Å². The van der Waals surface area contributed by atoms with Gasteiger partial charge in [-0.25, -0.2) is 4.98 Å². The number of rotatable bonds is 2. The number of nitrogen functional groups attached to an aromatic ring is 1. The van der Waals surface area contributed by atoms with Gasteiger partial charge >= 0.3 is 0 Å². The normalized spacial score (nSPS) is 21.3. The van der Waals surface area contributed by atoms with Crippen molar-refractivity contribution < 1.29 is 4.52 Å². The van der Waals surface area contributed by atoms with E-state index in [9.17, 15) is 0 Å². The van der Waals surface area contributed by atoms with Gasteiger partial charge in [-0.15, -0.1) is 11.3 Å². The van der Waals surface area contributed by atoms with E-state index in [0.29, 0.717) is 16.7 Å². The molecule has 1 atom stereocenters. The molecule has 8 heteroatoms. The second-order valence-corrected chi connectivity index (χ2v) is 6.14. The van der Waals surface area contributed by atoms with Crippen LogP contribution >= 0.6 is 23.1 Å². The molecule has 0 aromatic carbocycles. The standard InChI is InChI=1S/C10H13N5OS2/c1-15-2-3-17-5-7(15)8-13-9(16-14-8)6-4-18-10(11)12-6/h4,7H,2-3,5H2,1H3,(H2,11,12). The maximum Gasteiger partial charge on any atom is 0.277 e. The first-order valence-electron chi connectivity index (χ1n) is 5.57. The predicted octanol–water partition coefficient (Wildman–Crippen LogP) is 1.49. The highest BCUT2D eigenvalue weighted by Crippen LogP contribution is 2.28. The quantitative estimate of drug-likeness (QED) is 0.894. The van der Waals surface area contributed by atoms with E-state index >= 15 is 0 Å². The zero-order chi connectivity index (χ0) is 12.5. The van der Waals surface area contributed by atoms with E-state index in [4.69, 9.17) is 10.3 Å². The molecule has 2 aromatic heterocycles. The molecule has 0 radical (unpaired) electrons. The molecule has 1 aliphatic heterocycles. The molecule has 1 unspecified atom stereocenters. The van der Waals surface area contributed by atoms with Crippen molar-refractivity contribution in [2.24, 2.45) is 0 Å². The van der Waals surface area contributed by atoms with E-state index in [2.05, 4.69) is 27.1 Å². The van der Waals surface area contributed by atoms with Crippen molar-refractivity contribution in [1.29, 1.82) is 0 Å². The third kappa shape index (κ3) is 2.23. The van der Waals surface area contributed by atoms with Gasteiger partial charge in [0.15, 0.2) is 11.0 Å². The minimum atomic E-state index is 0.220. The number of thioether (sulfide) groups is 1. The van der Waals surface area contributed by atoms with E-state index in [0.717, 1.165) is 23.9 Å². The van der Waals surface area contributed by atoms with Crippen LogP contribution in [0.2, 0.25) is 0 Å². The molecule has 6 nitrogen and oxygen atoms in total. The van der Waals surface area contributed by atoms with Crippen LogP contribution in [0.15, 0.2) is 9.90 Å². The zero-order valence-electron chi connectivity index (χ0n) is 9.87. The molecule has 2 N–H and O–H groups in total. The van der Waals surface area contributed by atoms with Crippen LogP contribution in [-0.2, 0) is 0 Å². The summed E-state index contributed by atoms with van der Waals surface area (Å²) >= 11 is 3.28. The van der Waals surface area contributed by atoms with Crippen LogP contribution in [-0.4, -0.2) is 45.1 Å². The minimum absolute atomic E-state index is 0.220. The Morgan fingerprint density at radius 1 is 1.50 bits per heavy atom. The van der Waals surface area contributed by atoms with Gasteiger partial charge in [-0.3, -0.25) is 4.90 Å². The van der Waals surface area contributed by atoms with Gasteiger partial charge in [0.2, 0.25) is 0 Å². The molecule has 96 valence electrons. The third-order valence-electron chi connectivity index (χ3n) is 2.88. The summed E-state index contributed by atoms with van der Waals surface area (Å²) in [5.41, 5.74) is 6.25. The van der Waals surface area contributed by atoms with Gasteiger partial charge in [-0.2, -0.15) is 16.7 Å². The molecule has 0 spiro atoms. The Hall–Kier alpha value is -1.12. The molecule has 1 aliphatic rings. The maximum absolute atomic E-state index is 5.59. The largest absolute Gasteiger partial charge is 0.375 e. The average Bonchev–Trinajstić information content (AvgIpc) is 2.98. The summed E-state index contributed by atoms with van der Waals surface area (Å²) in [6.45, 7) is 1.04. The van der Waals surface area contributed by atoms with Crippen LogP contribution < -0.4 is 5.73 Å². The lowest BCUT2D eigenvalue weighted by Gasteiger charge is -2.29. The lowest BCUT2D eigenvalue weighted by molar-refractivity contribution is 0.257. The number of aromatic nitrogens is 3. The Kier molecular flexibility index (Phi) is 3.23. The van der Waals surface area contributed by atoms with Crippen LogP contribution in [0.3, 0.4) is 0 Å². The molecule has 3 rings (SSSR count). The van der Waals surface area contributed by atoms with Gasteiger partial charge in [0.05, 0.1) is 6.04 Å². The van der Waals surface area contributed by atoms with Gasteiger partial charge in [0, 0.05) is 23.4 Å². The number of thiazole rings is 1. The highest BCUT2D eigenvalue weighted by Gasteiger charge is 2.26. The second-order valence-electron chi connectivity index (χ2n) is 4.10. The SMILES string of the molecule is CN1CCSCC1c1noc(-c2csc(N)n2)n1. The summed E-state index contributed by atoms with van der Waals surface area (Å²) < 4.78 is 5.26. The first kappa shape index (κ1) is 11.9. The van der Waals surface area contributed by atoms with E-state index in [1.54, 1.807) is 0 Å². The Morgan fingerprint density at radius 3 is 3.11 bits per heavy atom. The fraction of sp³-hybridized carbons (Fsp3) is 0.500. The maximum atomic E-state index is 5.59. The van der Waals surface area contributed by atoms with Gasteiger partial charge < -0.3 is 10.3 Å². The summed E-state index contributed by atoms with van der Waals surface area (Å²) in [5, 5.41) is 6.39. The summed E-state index contributed by atoms with van der Waals surface area (Å²) in [4.78, 5) is 10.8. The molecular weight excluding hydrogens is 270 g/mol. The van der Waals surface area contributed by atoms with Crippen molar-refractivity contribution >= 4 is 28.2 Å². The van der Waals surface area contributed by atoms with Crippen LogP contribution in [0, 0.1) is 0 Å². The molecule has 2 aromatic rings. The monoisotopic (exact) mass is 283 g/mol. The van der Waals surface area contributed by atoms with Crippen molar-refractivity contribution in [2.45, 2.75) is 6.04 Å².